The summed E-state index contributed by atoms with van der Waals surface area (Å²) >= 11 is 0. The third-order valence-corrected chi connectivity index (χ3v) is 2.35. The van der Waals surface area contributed by atoms with Crippen LogP contribution in [0.2, 0.25) is 0 Å². The smallest absolute Gasteiger partial charge is 0.0169 e. The van der Waals surface area contributed by atoms with E-state index in [-0.39, 0.29) is 0 Å². The quantitative estimate of drug-likeness (QED) is 0.337. The highest BCUT2D eigenvalue weighted by atomic mass is 13.9. The van der Waals surface area contributed by atoms with Crippen molar-refractivity contribution in [2.75, 3.05) is 0 Å². The van der Waals surface area contributed by atoms with Crippen LogP contribution in [0.3, 0.4) is 0 Å². The van der Waals surface area contributed by atoms with Crippen molar-refractivity contribution < 1.29 is 0 Å². The van der Waals surface area contributed by atoms with Crippen molar-refractivity contribution >= 4 is 0 Å². The second-order valence-corrected chi connectivity index (χ2v) is 3.88. The van der Waals surface area contributed by atoms with Crippen molar-refractivity contribution in [1.29, 1.82) is 0 Å². The first kappa shape index (κ1) is 14.5. The highest BCUT2D eigenvalue weighted by molar-refractivity contribution is 4.92. The van der Waals surface area contributed by atoms with Crippen LogP contribution in [0.5, 0.6) is 0 Å². The zero-order chi connectivity index (χ0) is 11.2. The van der Waals surface area contributed by atoms with E-state index in [0.29, 0.717) is 0 Å². The van der Waals surface area contributed by atoms with E-state index < -0.39 is 0 Å². The standard InChI is InChI=1S/C15H26/c1-3-5-7-9-11-13-15-14-12-10-8-6-4-2/h9,11,14-15H,1-8,10,12-13H2. The second kappa shape index (κ2) is 13.5. The summed E-state index contributed by atoms with van der Waals surface area (Å²) in [6.07, 6.45) is 19.8. The van der Waals surface area contributed by atoms with Gasteiger partial charge in [-0.1, -0.05) is 63.8 Å². The summed E-state index contributed by atoms with van der Waals surface area (Å²) in [6, 6.07) is 0. The lowest BCUT2D eigenvalue weighted by Crippen LogP contribution is -1.73. The molecular weight excluding hydrogens is 180 g/mol. The summed E-state index contributed by atoms with van der Waals surface area (Å²) in [5.74, 6) is 0. The Hall–Kier alpha value is -0.520. The molecule has 0 saturated carbocycles. The van der Waals surface area contributed by atoms with Crippen molar-refractivity contribution in [3.05, 3.63) is 38.2 Å². The average Bonchev–Trinajstić information content (AvgIpc) is 2.26. The molecule has 0 aliphatic rings. The van der Waals surface area contributed by atoms with Gasteiger partial charge in [0.2, 0.25) is 0 Å². The maximum atomic E-state index is 3.84. The average molecular weight is 206 g/mol. The van der Waals surface area contributed by atoms with E-state index in [1.165, 1.54) is 38.5 Å². The normalized spacial score (nSPS) is 11.9. The van der Waals surface area contributed by atoms with Gasteiger partial charge in [-0.2, -0.15) is 0 Å². The fourth-order valence-corrected chi connectivity index (χ4v) is 1.38. The second-order valence-electron chi connectivity index (χ2n) is 3.88. The number of hydrogen-bond donors (Lipinski definition) is 0. The fourth-order valence-electron chi connectivity index (χ4n) is 1.38. The lowest BCUT2D eigenvalue weighted by molar-refractivity contribution is 0.694. The Bertz CT molecular complexity index is 153. The van der Waals surface area contributed by atoms with Crippen molar-refractivity contribution in [1.82, 2.24) is 0 Å². The van der Waals surface area contributed by atoms with Crippen LogP contribution in [-0.2, 0) is 0 Å². The lowest BCUT2D eigenvalue weighted by Gasteiger charge is -1.93. The summed E-state index contributed by atoms with van der Waals surface area (Å²) in [7, 11) is 0. The van der Waals surface area contributed by atoms with Crippen molar-refractivity contribution in [2.24, 2.45) is 0 Å². The van der Waals surface area contributed by atoms with Gasteiger partial charge in [0, 0.05) is 0 Å². The Morgan fingerprint density at radius 3 is 1.80 bits per heavy atom. The summed E-state index contributed by atoms with van der Waals surface area (Å²) in [5, 5.41) is 0. The van der Waals surface area contributed by atoms with Crippen LogP contribution >= 0.6 is 0 Å². The first-order chi connectivity index (χ1) is 7.41. The molecule has 0 spiro atoms. The van der Waals surface area contributed by atoms with Crippen LogP contribution in [0.4, 0.5) is 0 Å². The molecule has 0 bridgehead atoms. The Labute approximate surface area is 96.5 Å². The maximum absolute atomic E-state index is 3.84. The van der Waals surface area contributed by atoms with Crippen molar-refractivity contribution in [2.45, 2.75) is 57.8 Å². The molecule has 15 heavy (non-hydrogen) atoms. The molecule has 0 aromatic carbocycles. The highest BCUT2D eigenvalue weighted by Gasteiger charge is 1.83. The molecule has 0 aromatic heterocycles. The summed E-state index contributed by atoms with van der Waals surface area (Å²) < 4.78 is 0. The third kappa shape index (κ3) is 13.5. The first-order valence-corrected chi connectivity index (χ1v) is 6.30. The van der Waals surface area contributed by atoms with Crippen LogP contribution < -0.4 is 0 Å². The van der Waals surface area contributed by atoms with E-state index in [4.69, 9.17) is 0 Å². The van der Waals surface area contributed by atoms with Gasteiger partial charge in [-0.05, 0) is 32.1 Å². The molecule has 0 saturated heterocycles. The fraction of sp³-hybridized carbons (Fsp3) is 0.600. The van der Waals surface area contributed by atoms with Gasteiger partial charge in [-0.3, -0.25) is 0 Å². The molecule has 0 rings (SSSR count). The molecule has 0 N–H and O–H groups in total. The van der Waals surface area contributed by atoms with Gasteiger partial charge in [0.25, 0.3) is 0 Å². The SMILES string of the molecule is [CH2]CCCC=CCC=CCCCCC[CH2]. The molecule has 0 aliphatic carbocycles. The largest absolute Gasteiger partial charge is 0.0882 e. The molecule has 0 atom stereocenters. The number of hydrogen-bond acceptors (Lipinski definition) is 0. The third-order valence-electron chi connectivity index (χ3n) is 2.35. The minimum absolute atomic E-state index is 1.05. The Morgan fingerprint density at radius 2 is 1.20 bits per heavy atom. The van der Waals surface area contributed by atoms with Crippen LogP contribution in [0, 0.1) is 13.8 Å². The van der Waals surface area contributed by atoms with Crippen LogP contribution in [0.1, 0.15) is 57.8 Å². The van der Waals surface area contributed by atoms with Crippen LogP contribution in [0.25, 0.3) is 0 Å². The van der Waals surface area contributed by atoms with E-state index in [1.54, 1.807) is 0 Å². The van der Waals surface area contributed by atoms with E-state index in [9.17, 15) is 0 Å². The zero-order valence-corrected chi connectivity index (χ0v) is 10.1. The molecule has 0 heteroatoms. The van der Waals surface area contributed by atoms with Crippen LogP contribution in [-0.4, -0.2) is 0 Å². The van der Waals surface area contributed by atoms with Crippen LogP contribution in [0.15, 0.2) is 24.3 Å². The molecule has 0 heterocycles. The lowest BCUT2D eigenvalue weighted by atomic mass is 10.1. The highest BCUT2D eigenvalue weighted by Crippen LogP contribution is 2.03. The molecule has 0 aromatic rings. The van der Waals surface area contributed by atoms with Gasteiger partial charge in [0.1, 0.15) is 0 Å². The minimum atomic E-state index is 1.05. The van der Waals surface area contributed by atoms with Gasteiger partial charge in [-0.15, -0.1) is 0 Å². The predicted molar refractivity (Wildman–Crippen MR) is 70.5 cm³/mol. The predicted octanol–water partition coefficient (Wildman–Crippen LogP) is 5.28. The van der Waals surface area contributed by atoms with Crippen molar-refractivity contribution in [3.8, 4) is 0 Å². The number of unbranched alkanes of at least 4 members (excludes halogenated alkanes) is 6. The Morgan fingerprint density at radius 1 is 0.600 bits per heavy atom. The molecule has 0 aliphatic heterocycles. The Balaban J connectivity index is 3.13. The van der Waals surface area contributed by atoms with Gasteiger partial charge >= 0.3 is 0 Å². The summed E-state index contributed by atoms with van der Waals surface area (Å²) in [5.41, 5.74) is 0. The molecule has 0 nitrogen and oxygen atoms in total. The van der Waals surface area contributed by atoms with Gasteiger partial charge in [0.05, 0.1) is 0 Å². The van der Waals surface area contributed by atoms with Gasteiger partial charge in [0.15, 0.2) is 0 Å². The van der Waals surface area contributed by atoms with Crippen molar-refractivity contribution in [3.63, 3.8) is 0 Å². The summed E-state index contributed by atoms with van der Waals surface area (Å²) in [6.45, 7) is 7.65. The van der Waals surface area contributed by atoms with E-state index >= 15 is 0 Å². The summed E-state index contributed by atoms with van der Waals surface area (Å²) in [4.78, 5) is 0. The van der Waals surface area contributed by atoms with Gasteiger partial charge < -0.3 is 0 Å². The molecule has 0 unspecified atom stereocenters. The molecular formula is C15H26. The molecule has 86 valence electrons. The number of rotatable bonds is 10. The minimum Gasteiger partial charge on any atom is -0.0882 e. The van der Waals surface area contributed by atoms with E-state index in [1.807, 2.05) is 0 Å². The number of allylic oxidation sites excluding steroid dienone is 4. The van der Waals surface area contributed by atoms with Gasteiger partial charge in [-0.25, -0.2) is 0 Å². The topological polar surface area (TPSA) is 0 Å². The zero-order valence-electron chi connectivity index (χ0n) is 10.1. The molecule has 0 amide bonds. The van der Waals surface area contributed by atoms with E-state index in [0.717, 1.165) is 19.3 Å². The molecule has 0 fully saturated rings. The molecule has 2 radical (unpaired) electrons. The van der Waals surface area contributed by atoms with E-state index in [2.05, 4.69) is 38.2 Å². The monoisotopic (exact) mass is 206 g/mol. The maximum Gasteiger partial charge on any atom is -0.0169 e. The Kier molecular flexibility index (Phi) is 13.0. The first-order valence-electron chi connectivity index (χ1n) is 6.30.